The van der Waals surface area contributed by atoms with Crippen molar-refractivity contribution in [2.75, 3.05) is 11.9 Å². The number of carbonyl (C=O) groups excluding carboxylic acids is 1. The molecule has 4 heterocycles. The summed E-state index contributed by atoms with van der Waals surface area (Å²) in [5, 5.41) is 2.71. The van der Waals surface area contributed by atoms with Gasteiger partial charge in [-0.3, -0.25) is 9.59 Å². The van der Waals surface area contributed by atoms with Crippen molar-refractivity contribution < 1.29 is 18.7 Å². The number of imidazole rings is 1. The Bertz CT molecular complexity index is 1390. The molecule has 3 aliphatic rings. The molecule has 8 nitrogen and oxygen atoms in total. The second-order valence-electron chi connectivity index (χ2n) is 10.7. The molecular weight excluding hydrogens is 451 g/mol. The summed E-state index contributed by atoms with van der Waals surface area (Å²) in [6.07, 6.45) is 7.31. The normalized spacial score (nSPS) is 29.2. The highest BCUT2D eigenvalue weighted by Gasteiger charge is 2.55. The second kappa shape index (κ2) is 7.65. The van der Waals surface area contributed by atoms with Crippen molar-refractivity contribution >= 4 is 17.2 Å². The Labute approximate surface area is 202 Å². The molecule has 0 spiro atoms. The number of nitrogens with one attached hydrogen (secondary N) is 1. The number of rotatable bonds is 6. The monoisotopic (exact) mass is 480 g/mol. The van der Waals surface area contributed by atoms with Crippen LogP contribution in [0, 0.1) is 0 Å². The highest BCUT2D eigenvalue weighted by Crippen LogP contribution is 2.53. The second-order valence-corrected chi connectivity index (χ2v) is 10.7. The summed E-state index contributed by atoms with van der Waals surface area (Å²) in [5.41, 5.74) is 1.43. The number of carbonyl (C=O) groups is 1. The van der Waals surface area contributed by atoms with Gasteiger partial charge in [0.15, 0.2) is 0 Å². The van der Waals surface area contributed by atoms with Crippen molar-refractivity contribution in [2.45, 2.75) is 75.8 Å². The Morgan fingerprint density at radius 2 is 2.14 bits per heavy atom. The van der Waals surface area contributed by atoms with Crippen molar-refractivity contribution in [3.8, 4) is 5.75 Å². The van der Waals surface area contributed by atoms with E-state index in [2.05, 4.69) is 12.2 Å². The molecule has 4 atom stereocenters. The van der Waals surface area contributed by atoms with Gasteiger partial charge in [-0.25, -0.2) is 9.37 Å². The maximum atomic E-state index is 13.5. The molecule has 9 heteroatoms. The van der Waals surface area contributed by atoms with E-state index in [1.165, 1.54) is 10.6 Å². The fourth-order valence-corrected chi connectivity index (χ4v) is 5.54. The van der Waals surface area contributed by atoms with Gasteiger partial charge in [-0.1, -0.05) is 0 Å². The molecule has 6 rings (SSSR count). The molecule has 2 bridgehead atoms. The Hall–Kier alpha value is -3.20. The van der Waals surface area contributed by atoms with Gasteiger partial charge in [0.2, 0.25) is 0 Å². The van der Waals surface area contributed by atoms with Gasteiger partial charge >= 0.3 is 0 Å². The van der Waals surface area contributed by atoms with Crippen LogP contribution < -0.4 is 15.6 Å². The Morgan fingerprint density at radius 3 is 2.77 bits per heavy atom. The highest BCUT2D eigenvalue weighted by atomic mass is 19.1. The van der Waals surface area contributed by atoms with Crippen LogP contribution >= 0.6 is 0 Å². The SMILES string of the molecule is CC(C)Oc1cc2nc([C@@]34CC[C@@](C)(C3)OC4)cn2cc1C(=O)Nc1cccn(C2CC2F)c1=O. The number of aromatic nitrogens is 3. The van der Waals surface area contributed by atoms with Crippen LogP contribution in [0.5, 0.6) is 5.75 Å². The molecule has 0 radical (unpaired) electrons. The topological polar surface area (TPSA) is 86.9 Å². The van der Waals surface area contributed by atoms with Gasteiger partial charge in [-0.05, 0) is 52.2 Å². The van der Waals surface area contributed by atoms with E-state index in [4.69, 9.17) is 14.5 Å². The Morgan fingerprint density at radius 1 is 1.34 bits per heavy atom. The largest absolute Gasteiger partial charge is 0.490 e. The van der Waals surface area contributed by atoms with Crippen LogP contribution in [0.1, 0.15) is 68.5 Å². The van der Waals surface area contributed by atoms with Crippen LogP contribution in [0.25, 0.3) is 5.65 Å². The van der Waals surface area contributed by atoms with Crippen LogP contribution in [0.2, 0.25) is 0 Å². The van der Waals surface area contributed by atoms with Gasteiger partial charge < -0.3 is 23.8 Å². The maximum absolute atomic E-state index is 13.5. The molecule has 35 heavy (non-hydrogen) atoms. The van der Waals surface area contributed by atoms with Crippen LogP contribution in [0.15, 0.2) is 41.6 Å². The molecule has 1 saturated heterocycles. The van der Waals surface area contributed by atoms with E-state index in [0.29, 0.717) is 24.4 Å². The van der Waals surface area contributed by atoms with E-state index < -0.39 is 23.7 Å². The molecule has 3 aromatic heterocycles. The summed E-state index contributed by atoms with van der Waals surface area (Å²) in [4.78, 5) is 31.0. The number of amides is 1. The van der Waals surface area contributed by atoms with Gasteiger partial charge in [-0.15, -0.1) is 0 Å². The Balaban J connectivity index is 1.35. The van der Waals surface area contributed by atoms with Crippen molar-refractivity contribution in [1.82, 2.24) is 14.0 Å². The molecule has 2 aliphatic carbocycles. The van der Waals surface area contributed by atoms with Crippen LogP contribution in [0.4, 0.5) is 10.1 Å². The lowest BCUT2D eigenvalue weighted by atomic mass is 9.84. The van der Waals surface area contributed by atoms with Crippen molar-refractivity contribution in [3.63, 3.8) is 0 Å². The molecular formula is C26H29FN4O4. The minimum absolute atomic E-state index is 0.0853. The van der Waals surface area contributed by atoms with Gasteiger partial charge in [0.25, 0.3) is 11.5 Å². The average Bonchev–Trinajstić information content (AvgIpc) is 3.12. The first-order valence-electron chi connectivity index (χ1n) is 12.2. The van der Waals surface area contributed by atoms with E-state index in [-0.39, 0.29) is 28.4 Å². The summed E-state index contributed by atoms with van der Waals surface area (Å²) >= 11 is 0. The predicted molar refractivity (Wildman–Crippen MR) is 128 cm³/mol. The van der Waals surface area contributed by atoms with Crippen LogP contribution in [-0.2, 0) is 10.2 Å². The third kappa shape index (κ3) is 3.73. The summed E-state index contributed by atoms with van der Waals surface area (Å²) < 4.78 is 28.7. The first-order valence-corrected chi connectivity index (χ1v) is 12.2. The van der Waals surface area contributed by atoms with E-state index >= 15 is 0 Å². The zero-order valence-corrected chi connectivity index (χ0v) is 20.1. The number of hydrogen-bond donors (Lipinski definition) is 1. The molecule has 2 unspecified atom stereocenters. The zero-order chi connectivity index (χ0) is 24.5. The molecule has 0 aromatic carbocycles. The lowest BCUT2D eigenvalue weighted by molar-refractivity contribution is -0.00627. The van der Waals surface area contributed by atoms with E-state index in [9.17, 15) is 14.0 Å². The van der Waals surface area contributed by atoms with Crippen molar-refractivity contribution in [1.29, 1.82) is 0 Å². The number of ether oxygens (including phenoxy) is 2. The number of nitrogens with zero attached hydrogens (tertiary/aromatic N) is 3. The predicted octanol–water partition coefficient (Wildman–Crippen LogP) is 4.03. The van der Waals surface area contributed by atoms with E-state index in [1.807, 2.05) is 24.4 Å². The fourth-order valence-electron chi connectivity index (χ4n) is 5.54. The van der Waals surface area contributed by atoms with Crippen molar-refractivity contribution in [2.24, 2.45) is 0 Å². The van der Waals surface area contributed by atoms with Crippen molar-refractivity contribution in [3.05, 3.63) is 58.4 Å². The smallest absolute Gasteiger partial charge is 0.274 e. The molecule has 1 amide bonds. The quantitative estimate of drug-likeness (QED) is 0.576. The number of hydrogen-bond acceptors (Lipinski definition) is 5. The van der Waals surface area contributed by atoms with E-state index in [0.717, 1.165) is 25.0 Å². The summed E-state index contributed by atoms with van der Waals surface area (Å²) in [5.74, 6) is -0.0862. The standard InChI is InChI=1S/C26H29FN4O4/c1-15(2)35-20-10-22-29-21(26-7-6-25(3,13-26)34-14-26)12-30(22)11-16(20)23(32)28-18-5-4-8-31(24(18)33)19-9-17(19)27/h4-5,8,10-12,15,17,19H,6-7,9,13-14H2,1-3H3,(H,28,32)/t17?,19?,25-,26-/m0/s1. The van der Waals surface area contributed by atoms with Gasteiger partial charge in [0.1, 0.15) is 23.3 Å². The molecule has 184 valence electrons. The minimum atomic E-state index is -1.02. The Kier molecular flexibility index (Phi) is 4.87. The molecule has 1 aliphatic heterocycles. The summed E-state index contributed by atoms with van der Waals surface area (Å²) in [7, 11) is 0. The molecule has 3 fully saturated rings. The summed E-state index contributed by atoms with van der Waals surface area (Å²) in [6, 6.07) is 4.47. The number of halogens is 1. The fraction of sp³-hybridized carbons (Fsp3) is 0.500. The van der Waals surface area contributed by atoms with Crippen LogP contribution in [-0.4, -0.2) is 44.3 Å². The number of alkyl halides is 1. The minimum Gasteiger partial charge on any atom is -0.490 e. The first-order chi connectivity index (χ1) is 16.7. The van der Waals surface area contributed by atoms with E-state index in [1.54, 1.807) is 24.5 Å². The number of pyridine rings is 2. The van der Waals surface area contributed by atoms with Gasteiger partial charge in [-0.2, -0.15) is 0 Å². The number of anilines is 1. The third-order valence-corrected chi connectivity index (χ3v) is 7.51. The third-order valence-electron chi connectivity index (χ3n) is 7.51. The molecule has 1 N–H and O–H groups in total. The highest BCUT2D eigenvalue weighted by molar-refractivity contribution is 6.06. The van der Waals surface area contributed by atoms with Crippen LogP contribution in [0.3, 0.4) is 0 Å². The molecule has 3 aromatic rings. The first kappa shape index (κ1) is 22.3. The zero-order valence-electron chi connectivity index (χ0n) is 20.1. The molecule has 2 saturated carbocycles. The summed E-state index contributed by atoms with van der Waals surface area (Å²) in [6.45, 7) is 6.58. The average molecular weight is 481 g/mol. The van der Waals surface area contributed by atoms with Gasteiger partial charge in [0, 0.05) is 36.5 Å². The lowest BCUT2D eigenvalue weighted by Crippen LogP contribution is -2.26. The maximum Gasteiger partial charge on any atom is 0.274 e. The number of fused-ring (bicyclic) bond motifs is 3. The lowest BCUT2D eigenvalue weighted by Gasteiger charge is -2.24. The van der Waals surface area contributed by atoms with Gasteiger partial charge in [0.05, 0.1) is 35.6 Å².